The predicted molar refractivity (Wildman–Crippen MR) is 105 cm³/mol. The number of rotatable bonds is 6. The molecule has 0 saturated carbocycles. The Morgan fingerprint density at radius 1 is 1.04 bits per heavy atom. The zero-order chi connectivity index (χ0) is 17.5. The third-order valence-electron chi connectivity index (χ3n) is 3.06. The molecule has 0 heterocycles. The lowest BCUT2D eigenvalue weighted by Crippen LogP contribution is -2.18. The molecule has 4 nitrogen and oxygen atoms in total. The first-order chi connectivity index (χ1) is 11.4. The molecule has 0 atom stereocenters. The largest absolute Gasteiger partial charge is 0.325 e. The van der Waals surface area contributed by atoms with Gasteiger partial charge in [-0.3, -0.25) is 9.59 Å². The van der Waals surface area contributed by atoms with E-state index in [2.05, 4.69) is 33.2 Å². The maximum atomic E-state index is 12.8. The first kappa shape index (κ1) is 18.7. The minimum absolute atomic E-state index is 0.149. The average molecular weight is 458 g/mol. The molecule has 0 fully saturated rings. The fourth-order valence-corrected chi connectivity index (χ4v) is 3.18. The lowest BCUT2D eigenvalue weighted by molar-refractivity contribution is -0.114. The summed E-state index contributed by atoms with van der Waals surface area (Å²) >= 11 is 3.43. The summed E-state index contributed by atoms with van der Waals surface area (Å²) in [6.45, 7) is 1.93. The summed E-state index contributed by atoms with van der Waals surface area (Å²) in [5, 5.41) is 5.48. The van der Waals surface area contributed by atoms with Gasteiger partial charge in [-0.05, 0) is 77.5 Å². The van der Waals surface area contributed by atoms with E-state index in [0.29, 0.717) is 5.69 Å². The van der Waals surface area contributed by atoms with Crippen molar-refractivity contribution in [2.75, 3.05) is 22.1 Å². The number of hydrogen-bond donors (Lipinski definition) is 2. The van der Waals surface area contributed by atoms with Crippen molar-refractivity contribution in [2.45, 2.75) is 6.92 Å². The second kappa shape index (κ2) is 9.03. The molecular weight excluding hydrogens is 442 g/mol. The number of amides is 2. The number of aryl methyl sites for hydroxylation is 1. The smallest absolute Gasteiger partial charge is 0.234 e. The minimum Gasteiger partial charge on any atom is -0.325 e. The van der Waals surface area contributed by atoms with Crippen LogP contribution in [0.25, 0.3) is 0 Å². The third-order valence-corrected chi connectivity index (χ3v) is 4.66. The van der Waals surface area contributed by atoms with Crippen LogP contribution in [0.15, 0.2) is 42.5 Å². The molecule has 0 saturated heterocycles. The highest BCUT2D eigenvalue weighted by Crippen LogP contribution is 2.18. The van der Waals surface area contributed by atoms with E-state index in [4.69, 9.17) is 0 Å². The number of anilines is 2. The van der Waals surface area contributed by atoms with Crippen LogP contribution >= 0.6 is 34.4 Å². The molecular formula is C17H16FIN2O2S. The Kier molecular flexibility index (Phi) is 7.04. The number of nitrogens with one attached hydrogen (secondary N) is 2. The Morgan fingerprint density at radius 2 is 1.67 bits per heavy atom. The second-order valence-corrected chi connectivity index (χ2v) is 7.29. The number of carbonyl (C=O) groups is 2. The standard InChI is InChI=1S/C17H16FIN2O2S/c1-11-8-13(19)4-7-15(11)21-17(23)10-24-9-16(22)20-14-5-2-12(18)3-6-14/h2-8H,9-10H2,1H3,(H,20,22)(H,21,23). The zero-order valence-electron chi connectivity index (χ0n) is 12.9. The molecule has 0 aliphatic carbocycles. The molecule has 2 rings (SSSR count). The van der Waals surface area contributed by atoms with Crippen molar-refractivity contribution in [3.05, 3.63) is 57.4 Å². The second-order valence-electron chi connectivity index (χ2n) is 5.06. The fraction of sp³-hybridized carbons (Fsp3) is 0.176. The van der Waals surface area contributed by atoms with Gasteiger partial charge < -0.3 is 10.6 Å². The number of halogens is 2. The molecule has 0 bridgehead atoms. The van der Waals surface area contributed by atoms with Gasteiger partial charge in [0.15, 0.2) is 0 Å². The lowest BCUT2D eigenvalue weighted by atomic mass is 10.2. The lowest BCUT2D eigenvalue weighted by Gasteiger charge is -2.09. The maximum Gasteiger partial charge on any atom is 0.234 e. The highest BCUT2D eigenvalue weighted by atomic mass is 127. The Balaban J connectivity index is 1.73. The van der Waals surface area contributed by atoms with Crippen molar-refractivity contribution < 1.29 is 14.0 Å². The summed E-state index contributed by atoms with van der Waals surface area (Å²) in [6.07, 6.45) is 0. The summed E-state index contributed by atoms with van der Waals surface area (Å²) in [4.78, 5) is 23.7. The van der Waals surface area contributed by atoms with E-state index in [1.807, 2.05) is 25.1 Å². The van der Waals surface area contributed by atoms with Gasteiger partial charge in [-0.25, -0.2) is 4.39 Å². The van der Waals surface area contributed by atoms with Crippen molar-refractivity contribution in [1.82, 2.24) is 0 Å². The Hall–Kier alpha value is -1.61. The van der Waals surface area contributed by atoms with Gasteiger partial charge in [0.05, 0.1) is 11.5 Å². The van der Waals surface area contributed by atoms with Gasteiger partial charge in [-0.2, -0.15) is 0 Å². The summed E-state index contributed by atoms with van der Waals surface area (Å²) in [7, 11) is 0. The van der Waals surface area contributed by atoms with Crippen molar-refractivity contribution in [3.8, 4) is 0 Å². The molecule has 2 amide bonds. The Morgan fingerprint density at radius 3 is 2.29 bits per heavy atom. The molecule has 24 heavy (non-hydrogen) atoms. The normalized spacial score (nSPS) is 10.3. The van der Waals surface area contributed by atoms with E-state index < -0.39 is 0 Å². The molecule has 0 aliphatic rings. The molecule has 0 aromatic heterocycles. The van der Waals surface area contributed by atoms with Gasteiger partial charge in [0.1, 0.15) is 5.82 Å². The SMILES string of the molecule is Cc1cc(I)ccc1NC(=O)CSCC(=O)Nc1ccc(F)cc1. The van der Waals surface area contributed by atoms with E-state index in [9.17, 15) is 14.0 Å². The van der Waals surface area contributed by atoms with Gasteiger partial charge in [-0.15, -0.1) is 11.8 Å². The maximum absolute atomic E-state index is 12.8. The third kappa shape index (κ3) is 6.12. The van der Waals surface area contributed by atoms with E-state index in [1.54, 1.807) is 0 Å². The van der Waals surface area contributed by atoms with Crippen molar-refractivity contribution in [1.29, 1.82) is 0 Å². The quantitative estimate of drug-likeness (QED) is 0.643. The van der Waals surface area contributed by atoms with Crippen LogP contribution in [0.3, 0.4) is 0 Å². The predicted octanol–water partition coefficient (Wildman–Crippen LogP) is 4.05. The van der Waals surface area contributed by atoms with Gasteiger partial charge in [-0.1, -0.05) is 0 Å². The summed E-state index contributed by atoms with van der Waals surface area (Å²) < 4.78 is 13.9. The van der Waals surface area contributed by atoms with Crippen LogP contribution in [0.4, 0.5) is 15.8 Å². The topological polar surface area (TPSA) is 58.2 Å². The summed E-state index contributed by atoms with van der Waals surface area (Å²) in [5.41, 5.74) is 2.30. The van der Waals surface area contributed by atoms with Crippen molar-refractivity contribution in [3.63, 3.8) is 0 Å². The molecule has 0 spiro atoms. The van der Waals surface area contributed by atoms with Crippen LogP contribution < -0.4 is 10.6 Å². The van der Waals surface area contributed by atoms with E-state index in [-0.39, 0.29) is 29.1 Å². The summed E-state index contributed by atoms with van der Waals surface area (Å²) in [5.74, 6) is -0.410. The first-order valence-electron chi connectivity index (χ1n) is 7.13. The van der Waals surface area contributed by atoms with Gasteiger partial charge in [0.2, 0.25) is 11.8 Å². The van der Waals surface area contributed by atoms with Crippen molar-refractivity contribution >= 4 is 57.5 Å². The molecule has 0 aliphatic heterocycles. The van der Waals surface area contributed by atoms with E-state index in [0.717, 1.165) is 14.8 Å². The molecule has 0 unspecified atom stereocenters. The van der Waals surface area contributed by atoms with E-state index in [1.165, 1.54) is 36.0 Å². The average Bonchev–Trinajstić information content (AvgIpc) is 2.52. The van der Waals surface area contributed by atoms with Crippen LogP contribution in [-0.4, -0.2) is 23.3 Å². The molecule has 126 valence electrons. The van der Waals surface area contributed by atoms with E-state index >= 15 is 0 Å². The number of thioether (sulfide) groups is 1. The van der Waals surface area contributed by atoms with Crippen LogP contribution in [0.5, 0.6) is 0 Å². The summed E-state index contributed by atoms with van der Waals surface area (Å²) in [6, 6.07) is 11.3. The highest BCUT2D eigenvalue weighted by Gasteiger charge is 2.08. The van der Waals surface area contributed by atoms with Crippen LogP contribution in [0, 0.1) is 16.3 Å². The molecule has 7 heteroatoms. The number of hydrogen-bond acceptors (Lipinski definition) is 3. The Bertz CT molecular complexity index is 738. The fourth-order valence-electron chi connectivity index (χ4n) is 1.92. The zero-order valence-corrected chi connectivity index (χ0v) is 15.9. The van der Waals surface area contributed by atoms with Gasteiger partial charge in [0, 0.05) is 14.9 Å². The monoisotopic (exact) mass is 458 g/mol. The number of benzene rings is 2. The van der Waals surface area contributed by atoms with Gasteiger partial charge >= 0.3 is 0 Å². The molecule has 2 aromatic rings. The van der Waals surface area contributed by atoms with Crippen LogP contribution in [0.1, 0.15) is 5.56 Å². The molecule has 2 aromatic carbocycles. The van der Waals surface area contributed by atoms with Crippen molar-refractivity contribution in [2.24, 2.45) is 0 Å². The van der Waals surface area contributed by atoms with Crippen LogP contribution in [-0.2, 0) is 9.59 Å². The first-order valence-corrected chi connectivity index (χ1v) is 9.36. The van der Waals surface area contributed by atoms with Crippen LogP contribution in [0.2, 0.25) is 0 Å². The highest BCUT2D eigenvalue weighted by molar-refractivity contribution is 14.1. The molecule has 2 N–H and O–H groups in total. The van der Waals surface area contributed by atoms with Gasteiger partial charge in [0.25, 0.3) is 0 Å². The number of carbonyl (C=O) groups excluding carboxylic acids is 2. The molecule has 0 radical (unpaired) electrons. The Labute approximate surface area is 157 Å². The minimum atomic E-state index is -0.357.